The molecular formula is C17H15F3O. The molecule has 1 nitrogen and oxygen atoms in total. The van der Waals surface area contributed by atoms with Crippen molar-refractivity contribution in [3.05, 3.63) is 77.9 Å². The predicted octanol–water partition coefficient (Wildman–Crippen LogP) is 4.54. The highest BCUT2D eigenvalue weighted by Crippen LogP contribution is 2.41. The Labute approximate surface area is 121 Å². The second kappa shape index (κ2) is 5.74. The summed E-state index contributed by atoms with van der Waals surface area (Å²) < 4.78 is 40.1. The number of hydrogen-bond acceptors (Lipinski definition) is 1. The Morgan fingerprint density at radius 2 is 1.38 bits per heavy atom. The molecule has 1 unspecified atom stereocenters. The lowest BCUT2D eigenvalue weighted by molar-refractivity contribution is -0.245. The Kier molecular flexibility index (Phi) is 4.19. The molecule has 0 aliphatic rings. The van der Waals surface area contributed by atoms with Crippen molar-refractivity contribution in [3.8, 4) is 0 Å². The van der Waals surface area contributed by atoms with Crippen molar-refractivity contribution in [1.82, 2.24) is 0 Å². The molecule has 2 aromatic carbocycles. The summed E-state index contributed by atoms with van der Waals surface area (Å²) in [5, 5.41) is 10.2. The minimum atomic E-state index is -4.80. The fourth-order valence-corrected chi connectivity index (χ4v) is 2.12. The van der Waals surface area contributed by atoms with Crippen LogP contribution in [0, 0.1) is 0 Å². The van der Waals surface area contributed by atoms with Gasteiger partial charge >= 0.3 is 6.18 Å². The van der Waals surface area contributed by atoms with Gasteiger partial charge < -0.3 is 5.11 Å². The van der Waals surface area contributed by atoms with Gasteiger partial charge in [0, 0.05) is 0 Å². The van der Waals surface area contributed by atoms with E-state index in [9.17, 15) is 18.3 Å². The molecule has 0 saturated carbocycles. The van der Waals surface area contributed by atoms with E-state index in [4.69, 9.17) is 0 Å². The van der Waals surface area contributed by atoms with Crippen molar-refractivity contribution in [1.29, 1.82) is 0 Å². The summed E-state index contributed by atoms with van der Waals surface area (Å²) >= 11 is 0. The first-order chi connectivity index (χ1) is 9.84. The molecule has 21 heavy (non-hydrogen) atoms. The van der Waals surface area contributed by atoms with Crippen molar-refractivity contribution in [2.24, 2.45) is 0 Å². The molecule has 2 rings (SSSR count). The van der Waals surface area contributed by atoms with E-state index in [1.807, 2.05) is 0 Å². The zero-order valence-corrected chi connectivity index (χ0v) is 11.4. The Balaban J connectivity index is 2.53. The predicted molar refractivity (Wildman–Crippen MR) is 76.5 cm³/mol. The summed E-state index contributed by atoms with van der Waals surface area (Å²) in [6, 6.07) is 15.7. The van der Waals surface area contributed by atoms with E-state index in [-0.39, 0.29) is 5.56 Å². The van der Waals surface area contributed by atoms with E-state index >= 15 is 0 Å². The van der Waals surface area contributed by atoms with Gasteiger partial charge in [-0.1, -0.05) is 60.7 Å². The summed E-state index contributed by atoms with van der Waals surface area (Å²) in [6.45, 7) is 1.55. The maximum Gasteiger partial charge on any atom is 0.425 e. The minimum Gasteiger partial charge on any atom is -0.373 e. The summed E-state index contributed by atoms with van der Waals surface area (Å²) in [6.07, 6.45) is -3.94. The highest BCUT2D eigenvalue weighted by atomic mass is 19.4. The zero-order valence-electron chi connectivity index (χ0n) is 11.4. The fourth-order valence-electron chi connectivity index (χ4n) is 2.12. The zero-order chi connectivity index (χ0) is 15.5. The summed E-state index contributed by atoms with van der Waals surface area (Å²) in [5.74, 6) is 0. The quantitative estimate of drug-likeness (QED) is 0.880. The molecule has 0 aliphatic carbocycles. The monoisotopic (exact) mass is 292 g/mol. The molecule has 1 atom stereocenters. The van der Waals surface area contributed by atoms with Crippen molar-refractivity contribution in [3.63, 3.8) is 0 Å². The molecule has 0 amide bonds. The standard InChI is InChI=1S/C17H15F3O/c1-13(14-8-4-2-5-9-14)12-16(21,17(18,19)20)15-10-6-3-7-11-15/h2-12,21H,1H3. The van der Waals surface area contributed by atoms with Crippen molar-refractivity contribution < 1.29 is 18.3 Å². The lowest BCUT2D eigenvalue weighted by Crippen LogP contribution is -2.40. The topological polar surface area (TPSA) is 20.2 Å². The van der Waals surface area contributed by atoms with Crippen LogP contribution in [0.1, 0.15) is 18.1 Å². The highest BCUT2D eigenvalue weighted by Gasteiger charge is 2.53. The molecule has 0 aromatic heterocycles. The molecule has 4 heteroatoms. The van der Waals surface area contributed by atoms with Gasteiger partial charge in [-0.15, -0.1) is 0 Å². The lowest BCUT2D eigenvalue weighted by Gasteiger charge is -2.28. The first-order valence-corrected chi connectivity index (χ1v) is 6.44. The fraction of sp³-hybridized carbons (Fsp3) is 0.176. The number of benzene rings is 2. The first-order valence-electron chi connectivity index (χ1n) is 6.44. The van der Waals surface area contributed by atoms with Gasteiger partial charge in [-0.25, -0.2) is 0 Å². The van der Waals surface area contributed by atoms with E-state index < -0.39 is 11.8 Å². The highest BCUT2D eigenvalue weighted by molar-refractivity contribution is 5.65. The summed E-state index contributed by atoms with van der Waals surface area (Å²) in [7, 11) is 0. The molecule has 0 bridgehead atoms. The summed E-state index contributed by atoms with van der Waals surface area (Å²) in [5.41, 5.74) is -2.21. The molecule has 1 N–H and O–H groups in total. The van der Waals surface area contributed by atoms with E-state index in [1.54, 1.807) is 43.3 Å². The third-order valence-corrected chi connectivity index (χ3v) is 3.30. The van der Waals surface area contributed by atoms with Gasteiger partial charge in [0.05, 0.1) is 0 Å². The van der Waals surface area contributed by atoms with Crippen LogP contribution in [0.4, 0.5) is 13.2 Å². The lowest BCUT2D eigenvalue weighted by atomic mass is 9.89. The molecule has 110 valence electrons. The maximum atomic E-state index is 13.4. The van der Waals surface area contributed by atoms with Crippen LogP contribution in [-0.4, -0.2) is 11.3 Å². The Morgan fingerprint density at radius 3 is 1.86 bits per heavy atom. The van der Waals surface area contributed by atoms with E-state index in [0.717, 1.165) is 6.08 Å². The van der Waals surface area contributed by atoms with E-state index in [2.05, 4.69) is 0 Å². The van der Waals surface area contributed by atoms with Gasteiger partial charge in [0.15, 0.2) is 0 Å². The third kappa shape index (κ3) is 3.16. The molecule has 0 fully saturated rings. The van der Waals surface area contributed by atoms with Gasteiger partial charge in [-0.3, -0.25) is 0 Å². The third-order valence-electron chi connectivity index (χ3n) is 3.30. The number of hydrogen-bond donors (Lipinski definition) is 1. The van der Waals surface area contributed by atoms with E-state index in [0.29, 0.717) is 11.1 Å². The number of halogens is 3. The smallest absolute Gasteiger partial charge is 0.373 e. The number of rotatable bonds is 3. The Morgan fingerprint density at radius 1 is 0.905 bits per heavy atom. The number of alkyl halides is 3. The molecule has 0 saturated heterocycles. The van der Waals surface area contributed by atoms with Crippen molar-refractivity contribution in [2.45, 2.75) is 18.7 Å². The average Bonchev–Trinajstić information content (AvgIpc) is 2.47. The van der Waals surface area contributed by atoms with Crippen LogP contribution in [0.5, 0.6) is 0 Å². The second-order valence-electron chi connectivity index (χ2n) is 4.82. The van der Waals surface area contributed by atoms with Gasteiger partial charge in [-0.05, 0) is 29.7 Å². The second-order valence-corrected chi connectivity index (χ2v) is 4.82. The van der Waals surface area contributed by atoms with Crippen LogP contribution < -0.4 is 0 Å². The van der Waals surface area contributed by atoms with Crippen LogP contribution >= 0.6 is 0 Å². The summed E-state index contributed by atoms with van der Waals surface area (Å²) in [4.78, 5) is 0. The number of aliphatic hydroxyl groups is 1. The minimum absolute atomic E-state index is 0.201. The van der Waals surface area contributed by atoms with Gasteiger partial charge in [0.25, 0.3) is 0 Å². The van der Waals surface area contributed by atoms with Crippen molar-refractivity contribution >= 4 is 5.57 Å². The molecular weight excluding hydrogens is 277 g/mol. The van der Waals surface area contributed by atoms with Gasteiger partial charge in [0.1, 0.15) is 0 Å². The van der Waals surface area contributed by atoms with Crippen LogP contribution in [0.15, 0.2) is 66.7 Å². The largest absolute Gasteiger partial charge is 0.425 e. The number of allylic oxidation sites excluding steroid dienone is 1. The Bertz CT molecular complexity index is 617. The molecule has 0 spiro atoms. The molecule has 0 heterocycles. The van der Waals surface area contributed by atoms with Crippen LogP contribution in [0.25, 0.3) is 5.57 Å². The van der Waals surface area contributed by atoms with Gasteiger partial charge in [-0.2, -0.15) is 13.2 Å². The SMILES string of the molecule is CC(=CC(O)(c1ccccc1)C(F)(F)F)c1ccccc1. The maximum absolute atomic E-state index is 13.4. The molecule has 0 radical (unpaired) electrons. The molecule has 2 aromatic rings. The van der Waals surface area contributed by atoms with Gasteiger partial charge in [0.2, 0.25) is 5.60 Å². The van der Waals surface area contributed by atoms with Crippen molar-refractivity contribution in [2.75, 3.05) is 0 Å². The molecule has 0 aliphatic heterocycles. The van der Waals surface area contributed by atoms with Crippen LogP contribution in [0.3, 0.4) is 0 Å². The Hall–Kier alpha value is -2.07. The first kappa shape index (κ1) is 15.3. The van der Waals surface area contributed by atoms with Crippen LogP contribution in [-0.2, 0) is 5.60 Å². The van der Waals surface area contributed by atoms with E-state index in [1.165, 1.54) is 24.3 Å². The normalized spacial score (nSPS) is 15.6. The average molecular weight is 292 g/mol. The van der Waals surface area contributed by atoms with Crippen LogP contribution in [0.2, 0.25) is 0 Å².